The second-order valence-electron chi connectivity index (χ2n) is 6.44. The van der Waals surface area contributed by atoms with Gasteiger partial charge in [0, 0.05) is 23.9 Å². The van der Waals surface area contributed by atoms with E-state index >= 15 is 0 Å². The number of rotatable bonds is 6. The Bertz CT molecular complexity index is 939. The van der Waals surface area contributed by atoms with E-state index in [9.17, 15) is 14.4 Å². The topological polar surface area (TPSA) is 96.5 Å². The minimum absolute atomic E-state index is 0.000545. The third-order valence-electron chi connectivity index (χ3n) is 4.13. The Morgan fingerprint density at radius 3 is 2.34 bits per heavy atom. The molecule has 0 spiro atoms. The van der Waals surface area contributed by atoms with Crippen molar-refractivity contribution in [1.29, 1.82) is 0 Å². The average Bonchev–Trinajstić information content (AvgIpc) is 3.02. The molecule has 0 bridgehead atoms. The predicted molar refractivity (Wildman–Crippen MR) is 114 cm³/mol. The van der Waals surface area contributed by atoms with Crippen molar-refractivity contribution in [2.24, 2.45) is 0 Å². The van der Waals surface area contributed by atoms with E-state index in [1.54, 1.807) is 43.5 Å². The maximum absolute atomic E-state index is 12.2. The third-order valence-corrected chi connectivity index (χ3v) is 5.27. The highest BCUT2D eigenvalue weighted by Crippen LogP contribution is 2.29. The Hall–Kier alpha value is -3.26. The first-order chi connectivity index (χ1) is 13.9. The quantitative estimate of drug-likeness (QED) is 0.635. The molecule has 8 heteroatoms. The Labute approximate surface area is 172 Å². The number of carbonyl (C=O) groups excluding carboxylic acids is 3. The number of hydrogen-bond donors (Lipinski definition) is 3. The SMILES string of the molecule is COc1ccc(NC(=O)C[C@H]2S/C(=C\C(=O)Nc3ccc(C)cc3)NC2=O)cc1. The Balaban J connectivity index is 1.53. The van der Waals surface area contributed by atoms with Crippen molar-refractivity contribution >= 4 is 40.9 Å². The molecule has 0 aliphatic carbocycles. The van der Waals surface area contributed by atoms with Crippen LogP contribution in [0.15, 0.2) is 59.6 Å². The number of aryl methyl sites for hydroxylation is 1. The molecule has 1 saturated heterocycles. The summed E-state index contributed by atoms with van der Waals surface area (Å²) in [5, 5.41) is 7.96. The molecule has 1 heterocycles. The van der Waals surface area contributed by atoms with Crippen LogP contribution in [0.2, 0.25) is 0 Å². The van der Waals surface area contributed by atoms with Gasteiger partial charge < -0.3 is 20.7 Å². The first-order valence-electron chi connectivity index (χ1n) is 8.94. The normalized spacial score (nSPS) is 17.0. The molecule has 1 aliphatic heterocycles. The van der Waals surface area contributed by atoms with Gasteiger partial charge in [-0.25, -0.2) is 0 Å². The molecule has 150 valence electrons. The molecule has 0 saturated carbocycles. The molecule has 1 fully saturated rings. The largest absolute Gasteiger partial charge is 0.497 e. The van der Waals surface area contributed by atoms with Gasteiger partial charge in [-0.15, -0.1) is 0 Å². The van der Waals surface area contributed by atoms with Gasteiger partial charge in [0.05, 0.1) is 17.4 Å². The summed E-state index contributed by atoms with van der Waals surface area (Å²) in [6.07, 6.45) is 1.32. The van der Waals surface area contributed by atoms with E-state index in [0.717, 1.165) is 17.3 Å². The summed E-state index contributed by atoms with van der Waals surface area (Å²) in [5.41, 5.74) is 2.38. The summed E-state index contributed by atoms with van der Waals surface area (Å²) >= 11 is 1.16. The molecular formula is C21H21N3O4S. The fraction of sp³-hybridized carbons (Fsp3) is 0.190. The molecule has 2 aromatic rings. The number of nitrogens with one attached hydrogen (secondary N) is 3. The molecule has 7 nitrogen and oxygen atoms in total. The number of carbonyl (C=O) groups is 3. The van der Waals surface area contributed by atoms with Crippen LogP contribution in [0.3, 0.4) is 0 Å². The molecule has 1 atom stereocenters. The lowest BCUT2D eigenvalue weighted by Crippen LogP contribution is -2.26. The zero-order valence-corrected chi connectivity index (χ0v) is 16.8. The first kappa shape index (κ1) is 20.5. The van der Waals surface area contributed by atoms with Gasteiger partial charge in [0.25, 0.3) is 5.91 Å². The van der Waals surface area contributed by atoms with Gasteiger partial charge in [0.1, 0.15) is 5.75 Å². The maximum Gasteiger partial charge on any atom is 0.250 e. The summed E-state index contributed by atoms with van der Waals surface area (Å²) in [6.45, 7) is 1.96. The first-order valence-corrected chi connectivity index (χ1v) is 9.81. The smallest absolute Gasteiger partial charge is 0.250 e. The fourth-order valence-corrected chi connectivity index (χ4v) is 3.67. The summed E-state index contributed by atoms with van der Waals surface area (Å²) in [5.74, 6) is -0.241. The average molecular weight is 411 g/mol. The number of methoxy groups -OCH3 is 1. The van der Waals surface area contributed by atoms with E-state index in [1.807, 2.05) is 19.1 Å². The molecule has 3 N–H and O–H groups in total. The van der Waals surface area contributed by atoms with Crippen molar-refractivity contribution in [3.63, 3.8) is 0 Å². The van der Waals surface area contributed by atoms with E-state index in [2.05, 4.69) is 16.0 Å². The Morgan fingerprint density at radius 2 is 1.69 bits per heavy atom. The van der Waals surface area contributed by atoms with Crippen LogP contribution in [0.5, 0.6) is 5.75 Å². The van der Waals surface area contributed by atoms with Crippen molar-refractivity contribution in [1.82, 2.24) is 5.32 Å². The maximum atomic E-state index is 12.2. The molecule has 3 rings (SSSR count). The minimum atomic E-state index is -0.591. The van der Waals surface area contributed by atoms with Crippen molar-refractivity contribution < 1.29 is 19.1 Å². The summed E-state index contributed by atoms with van der Waals surface area (Å²) in [6, 6.07) is 14.3. The van der Waals surface area contributed by atoms with E-state index in [0.29, 0.717) is 22.2 Å². The second-order valence-corrected chi connectivity index (χ2v) is 7.68. The lowest BCUT2D eigenvalue weighted by atomic mass is 10.2. The van der Waals surface area contributed by atoms with Crippen LogP contribution in [0, 0.1) is 6.92 Å². The van der Waals surface area contributed by atoms with Crippen molar-refractivity contribution in [3.05, 3.63) is 65.2 Å². The fourth-order valence-electron chi connectivity index (χ4n) is 2.63. The lowest BCUT2D eigenvalue weighted by Gasteiger charge is -2.08. The molecular weight excluding hydrogens is 390 g/mol. The van der Waals surface area contributed by atoms with Crippen LogP contribution in [0.4, 0.5) is 11.4 Å². The van der Waals surface area contributed by atoms with E-state index in [1.165, 1.54) is 6.08 Å². The van der Waals surface area contributed by atoms with Gasteiger partial charge in [-0.05, 0) is 43.3 Å². The van der Waals surface area contributed by atoms with Gasteiger partial charge >= 0.3 is 0 Å². The Morgan fingerprint density at radius 1 is 1.07 bits per heavy atom. The minimum Gasteiger partial charge on any atom is -0.497 e. The molecule has 29 heavy (non-hydrogen) atoms. The van der Waals surface area contributed by atoms with Gasteiger partial charge in [0.15, 0.2) is 0 Å². The molecule has 1 aliphatic rings. The number of thioether (sulfide) groups is 1. The van der Waals surface area contributed by atoms with Crippen LogP contribution in [-0.4, -0.2) is 30.1 Å². The number of ether oxygens (including phenoxy) is 1. The van der Waals surface area contributed by atoms with E-state index in [-0.39, 0.29) is 24.1 Å². The molecule has 0 unspecified atom stereocenters. The number of hydrogen-bond acceptors (Lipinski definition) is 5. The summed E-state index contributed by atoms with van der Waals surface area (Å²) in [4.78, 5) is 36.5. The van der Waals surface area contributed by atoms with Gasteiger partial charge in [0.2, 0.25) is 11.8 Å². The lowest BCUT2D eigenvalue weighted by molar-refractivity contribution is -0.122. The second kappa shape index (κ2) is 9.29. The number of anilines is 2. The van der Waals surface area contributed by atoms with Gasteiger partial charge in [-0.3, -0.25) is 14.4 Å². The van der Waals surface area contributed by atoms with Crippen LogP contribution >= 0.6 is 11.8 Å². The van der Waals surface area contributed by atoms with Crippen LogP contribution in [0.25, 0.3) is 0 Å². The molecule has 0 aromatic heterocycles. The van der Waals surface area contributed by atoms with Crippen molar-refractivity contribution in [3.8, 4) is 5.75 Å². The highest BCUT2D eigenvalue weighted by molar-refractivity contribution is 8.04. The molecule has 3 amide bonds. The van der Waals surface area contributed by atoms with E-state index < -0.39 is 5.25 Å². The van der Waals surface area contributed by atoms with Crippen LogP contribution < -0.4 is 20.7 Å². The molecule has 0 radical (unpaired) electrons. The highest BCUT2D eigenvalue weighted by atomic mass is 32.2. The number of amides is 3. The standard InChI is InChI=1S/C21H21N3O4S/c1-13-3-5-14(6-4-13)23-19(26)12-20-24-21(27)17(29-20)11-18(25)22-15-7-9-16(28-2)10-8-15/h3-10,12,17H,11H2,1-2H3,(H,22,25)(H,23,26)(H,24,27)/b20-12-/t17-/m1/s1. The van der Waals surface area contributed by atoms with Gasteiger partial charge in [-0.1, -0.05) is 29.5 Å². The highest BCUT2D eigenvalue weighted by Gasteiger charge is 2.31. The van der Waals surface area contributed by atoms with Crippen molar-refractivity contribution in [2.75, 3.05) is 17.7 Å². The van der Waals surface area contributed by atoms with E-state index in [4.69, 9.17) is 4.74 Å². The zero-order chi connectivity index (χ0) is 20.8. The summed E-state index contributed by atoms with van der Waals surface area (Å²) < 4.78 is 5.07. The van der Waals surface area contributed by atoms with Crippen molar-refractivity contribution in [2.45, 2.75) is 18.6 Å². The number of benzene rings is 2. The third kappa shape index (κ3) is 5.86. The van der Waals surface area contributed by atoms with Crippen LogP contribution in [-0.2, 0) is 14.4 Å². The van der Waals surface area contributed by atoms with Gasteiger partial charge in [-0.2, -0.15) is 0 Å². The van der Waals surface area contributed by atoms with Crippen LogP contribution in [0.1, 0.15) is 12.0 Å². The monoisotopic (exact) mass is 411 g/mol. The summed E-state index contributed by atoms with van der Waals surface area (Å²) in [7, 11) is 1.57. The zero-order valence-electron chi connectivity index (χ0n) is 16.0. The molecule has 2 aromatic carbocycles. The Kier molecular flexibility index (Phi) is 6.56. The predicted octanol–water partition coefficient (Wildman–Crippen LogP) is 3.04.